The molecule has 1 fully saturated rings. The highest BCUT2D eigenvalue weighted by atomic mass is 35.5. The van der Waals surface area contributed by atoms with E-state index in [-0.39, 0.29) is 0 Å². The number of rotatable bonds is 5. The van der Waals surface area contributed by atoms with Gasteiger partial charge in [-0.05, 0) is 43.0 Å². The number of methoxy groups -OCH3 is 1. The number of hydrogen-bond acceptors (Lipinski definition) is 2. The highest BCUT2D eigenvalue weighted by Crippen LogP contribution is 2.25. The van der Waals surface area contributed by atoms with Crippen molar-refractivity contribution in [3.05, 3.63) is 28.8 Å². The van der Waals surface area contributed by atoms with E-state index in [4.69, 9.17) is 16.3 Å². The van der Waals surface area contributed by atoms with E-state index in [2.05, 4.69) is 11.4 Å². The van der Waals surface area contributed by atoms with Crippen LogP contribution in [0.2, 0.25) is 5.02 Å². The molecule has 0 heterocycles. The van der Waals surface area contributed by atoms with E-state index in [9.17, 15) is 0 Å². The van der Waals surface area contributed by atoms with Gasteiger partial charge < -0.3 is 10.1 Å². The quantitative estimate of drug-likeness (QED) is 0.870. The van der Waals surface area contributed by atoms with Crippen LogP contribution in [0.4, 0.5) is 0 Å². The summed E-state index contributed by atoms with van der Waals surface area (Å²) in [6.45, 7) is 2.02. The van der Waals surface area contributed by atoms with E-state index in [0.29, 0.717) is 5.02 Å². The van der Waals surface area contributed by atoms with Crippen LogP contribution in [0.15, 0.2) is 18.2 Å². The number of benzene rings is 1. The summed E-state index contributed by atoms with van der Waals surface area (Å²) in [5.41, 5.74) is 1.22. The molecule has 1 aliphatic rings. The minimum absolute atomic E-state index is 0.689. The summed E-state index contributed by atoms with van der Waals surface area (Å²) in [4.78, 5) is 0. The van der Waals surface area contributed by atoms with Gasteiger partial charge in [0.15, 0.2) is 0 Å². The molecule has 1 aliphatic carbocycles. The fourth-order valence-corrected chi connectivity index (χ4v) is 2.91. The van der Waals surface area contributed by atoms with Crippen LogP contribution in [-0.2, 0) is 6.54 Å². The highest BCUT2D eigenvalue weighted by molar-refractivity contribution is 6.32. The minimum atomic E-state index is 0.689. The molecule has 0 unspecified atom stereocenters. The van der Waals surface area contributed by atoms with Gasteiger partial charge in [-0.25, -0.2) is 0 Å². The average Bonchev–Trinajstić information content (AvgIpc) is 2.40. The molecule has 1 aromatic carbocycles. The van der Waals surface area contributed by atoms with Crippen molar-refractivity contribution in [3.8, 4) is 5.75 Å². The van der Waals surface area contributed by atoms with E-state index in [1.54, 1.807) is 7.11 Å². The van der Waals surface area contributed by atoms with Gasteiger partial charge in [0.05, 0.1) is 12.1 Å². The second-order valence-electron chi connectivity index (χ2n) is 5.10. The van der Waals surface area contributed by atoms with Crippen molar-refractivity contribution >= 4 is 11.6 Å². The van der Waals surface area contributed by atoms with Crippen molar-refractivity contribution < 1.29 is 4.74 Å². The summed E-state index contributed by atoms with van der Waals surface area (Å²) in [7, 11) is 1.64. The maximum Gasteiger partial charge on any atom is 0.137 e. The Morgan fingerprint density at radius 3 is 2.72 bits per heavy atom. The topological polar surface area (TPSA) is 21.3 Å². The molecule has 0 amide bonds. The molecular formula is C15H22ClNO. The Balaban J connectivity index is 1.77. The zero-order chi connectivity index (χ0) is 12.8. The van der Waals surface area contributed by atoms with Crippen molar-refractivity contribution in [2.75, 3.05) is 13.7 Å². The van der Waals surface area contributed by atoms with E-state index in [1.807, 2.05) is 12.1 Å². The molecule has 0 bridgehead atoms. The summed E-state index contributed by atoms with van der Waals surface area (Å²) < 4.78 is 5.15. The van der Waals surface area contributed by atoms with E-state index < -0.39 is 0 Å². The smallest absolute Gasteiger partial charge is 0.137 e. The summed E-state index contributed by atoms with van der Waals surface area (Å²) >= 11 is 6.10. The van der Waals surface area contributed by atoms with Crippen LogP contribution >= 0.6 is 11.6 Å². The predicted octanol–water partition coefficient (Wildman–Crippen LogP) is 4.02. The predicted molar refractivity (Wildman–Crippen MR) is 76.3 cm³/mol. The van der Waals surface area contributed by atoms with Gasteiger partial charge in [-0.1, -0.05) is 36.9 Å². The van der Waals surface area contributed by atoms with Crippen LogP contribution < -0.4 is 10.1 Å². The van der Waals surface area contributed by atoms with Crippen LogP contribution in [0.5, 0.6) is 5.75 Å². The van der Waals surface area contributed by atoms with Crippen LogP contribution in [0, 0.1) is 5.92 Å². The van der Waals surface area contributed by atoms with Crippen LogP contribution in [0.3, 0.4) is 0 Å². The molecule has 0 aliphatic heterocycles. The fourth-order valence-electron chi connectivity index (χ4n) is 2.63. The molecule has 0 spiro atoms. The first-order valence-electron chi connectivity index (χ1n) is 6.82. The van der Waals surface area contributed by atoms with Crippen molar-refractivity contribution in [1.82, 2.24) is 5.32 Å². The summed E-state index contributed by atoms with van der Waals surface area (Å²) in [6.07, 6.45) is 7.00. The highest BCUT2D eigenvalue weighted by Gasteiger charge is 2.12. The largest absolute Gasteiger partial charge is 0.495 e. The lowest BCUT2D eigenvalue weighted by atomic mass is 9.89. The average molecular weight is 268 g/mol. The van der Waals surface area contributed by atoms with Gasteiger partial charge in [-0.15, -0.1) is 0 Å². The number of halogens is 1. The Hall–Kier alpha value is -0.730. The van der Waals surface area contributed by atoms with Crippen LogP contribution in [0.25, 0.3) is 0 Å². The maximum atomic E-state index is 6.10. The molecule has 100 valence electrons. The SMILES string of the molecule is COc1ccc(CNCC2CCCCC2)cc1Cl. The Bertz CT molecular complexity index is 375. The minimum Gasteiger partial charge on any atom is -0.495 e. The van der Waals surface area contributed by atoms with Gasteiger partial charge in [-0.2, -0.15) is 0 Å². The first kappa shape index (κ1) is 13.7. The second-order valence-corrected chi connectivity index (χ2v) is 5.51. The normalized spacial score (nSPS) is 16.8. The maximum absolute atomic E-state index is 6.10. The van der Waals surface area contributed by atoms with Gasteiger partial charge >= 0.3 is 0 Å². The van der Waals surface area contributed by atoms with E-state index >= 15 is 0 Å². The van der Waals surface area contributed by atoms with Gasteiger partial charge in [0.1, 0.15) is 5.75 Å². The molecule has 0 radical (unpaired) electrons. The molecule has 1 aromatic rings. The molecule has 1 saturated carbocycles. The molecule has 0 atom stereocenters. The van der Waals surface area contributed by atoms with Gasteiger partial charge in [-0.3, -0.25) is 0 Å². The zero-order valence-electron chi connectivity index (χ0n) is 11.0. The van der Waals surface area contributed by atoms with Gasteiger partial charge in [0, 0.05) is 6.54 Å². The Morgan fingerprint density at radius 2 is 2.06 bits per heavy atom. The summed E-state index contributed by atoms with van der Waals surface area (Å²) in [6, 6.07) is 5.98. The second kappa shape index (κ2) is 7.01. The molecule has 0 saturated heterocycles. The zero-order valence-corrected chi connectivity index (χ0v) is 11.8. The third kappa shape index (κ3) is 3.89. The lowest BCUT2D eigenvalue weighted by Gasteiger charge is -2.21. The van der Waals surface area contributed by atoms with Crippen molar-refractivity contribution in [2.24, 2.45) is 5.92 Å². The van der Waals surface area contributed by atoms with Crippen molar-refractivity contribution in [3.63, 3.8) is 0 Å². The summed E-state index contributed by atoms with van der Waals surface area (Å²) in [5, 5.41) is 4.23. The molecule has 0 aromatic heterocycles. The molecular weight excluding hydrogens is 246 g/mol. The summed E-state index contributed by atoms with van der Waals surface area (Å²) in [5.74, 6) is 1.61. The molecule has 2 rings (SSSR count). The van der Waals surface area contributed by atoms with E-state index in [0.717, 1.165) is 24.8 Å². The standard InChI is InChI=1S/C15H22ClNO/c1-18-15-8-7-13(9-14(15)16)11-17-10-12-5-3-2-4-6-12/h7-9,12,17H,2-6,10-11H2,1H3. The van der Waals surface area contributed by atoms with Crippen LogP contribution in [0.1, 0.15) is 37.7 Å². The molecule has 18 heavy (non-hydrogen) atoms. The molecule has 3 heteroatoms. The first-order chi connectivity index (χ1) is 8.79. The number of nitrogens with one attached hydrogen (secondary N) is 1. The third-order valence-corrected chi connectivity index (χ3v) is 4.00. The van der Waals surface area contributed by atoms with Crippen molar-refractivity contribution in [1.29, 1.82) is 0 Å². The molecule has 1 N–H and O–H groups in total. The first-order valence-corrected chi connectivity index (χ1v) is 7.20. The molecule has 2 nitrogen and oxygen atoms in total. The monoisotopic (exact) mass is 267 g/mol. The fraction of sp³-hybridized carbons (Fsp3) is 0.600. The lowest BCUT2D eigenvalue weighted by Crippen LogP contribution is -2.24. The van der Waals surface area contributed by atoms with Crippen molar-refractivity contribution in [2.45, 2.75) is 38.6 Å². The third-order valence-electron chi connectivity index (χ3n) is 3.70. The number of hydrogen-bond donors (Lipinski definition) is 1. The lowest BCUT2D eigenvalue weighted by molar-refractivity contribution is 0.342. The Labute approximate surface area is 115 Å². The Kier molecular flexibility index (Phi) is 5.33. The van der Waals surface area contributed by atoms with Gasteiger partial charge in [0.25, 0.3) is 0 Å². The van der Waals surface area contributed by atoms with E-state index in [1.165, 1.54) is 37.7 Å². The number of ether oxygens (including phenoxy) is 1. The Morgan fingerprint density at radius 1 is 1.28 bits per heavy atom. The van der Waals surface area contributed by atoms with Gasteiger partial charge in [0.2, 0.25) is 0 Å². The van der Waals surface area contributed by atoms with Crippen LogP contribution in [-0.4, -0.2) is 13.7 Å².